The summed E-state index contributed by atoms with van der Waals surface area (Å²) in [6.07, 6.45) is 0. The van der Waals surface area contributed by atoms with E-state index in [9.17, 15) is 9.59 Å². The van der Waals surface area contributed by atoms with Gasteiger partial charge in [-0.3, -0.25) is 9.59 Å². The van der Waals surface area contributed by atoms with Crippen molar-refractivity contribution in [1.82, 2.24) is 4.90 Å². The van der Waals surface area contributed by atoms with E-state index in [1.54, 1.807) is 6.07 Å². The van der Waals surface area contributed by atoms with Crippen LogP contribution < -0.4 is 5.73 Å². The lowest BCUT2D eigenvalue weighted by Gasteiger charge is -2.23. The highest BCUT2D eigenvalue weighted by Crippen LogP contribution is 2.21. The topological polar surface area (TPSA) is 63.4 Å². The minimum atomic E-state index is -0.504. The molecular formula is C13H16BrIN2O2. The lowest BCUT2D eigenvalue weighted by atomic mass is 10.1. The molecule has 1 aromatic rings. The molecular weight excluding hydrogens is 423 g/mol. The van der Waals surface area contributed by atoms with Gasteiger partial charge in [0.2, 0.25) is 5.91 Å². The van der Waals surface area contributed by atoms with Gasteiger partial charge in [0.1, 0.15) is 0 Å². The fourth-order valence-corrected chi connectivity index (χ4v) is 2.59. The Hall–Kier alpha value is -0.630. The van der Waals surface area contributed by atoms with Gasteiger partial charge in [-0.25, -0.2) is 0 Å². The van der Waals surface area contributed by atoms with E-state index in [-0.39, 0.29) is 18.4 Å². The predicted molar refractivity (Wildman–Crippen MR) is 86.8 cm³/mol. The molecule has 2 N–H and O–H groups in total. The normalized spacial score (nSPS) is 10.6. The summed E-state index contributed by atoms with van der Waals surface area (Å²) in [4.78, 5) is 25.1. The van der Waals surface area contributed by atoms with Crippen molar-refractivity contribution in [3.05, 3.63) is 31.8 Å². The van der Waals surface area contributed by atoms with E-state index in [1.807, 2.05) is 26.0 Å². The summed E-state index contributed by atoms with van der Waals surface area (Å²) >= 11 is 5.51. The van der Waals surface area contributed by atoms with Gasteiger partial charge in [0.25, 0.3) is 5.91 Å². The molecule has 0 heterocycles. The second-order valence-electron chi connectivity index (χ2n) is 4.67. The molecule has 0 aliphatic rings. The molecule has 19 heavy (non-hydrogen) atoms. The Bertz CT molecular complexity index is 492. The molecule has 0 atom stereocenters. The number of primary amides is 1. The van der Waals surface area contributed by atoms with Crippen molar-refractivity contribution in [3.8, 4) is 0 Å². The van der Waals surface area contributed by atoms with Gasteiger partial charge >= 0.3 is 0 Å². The molecule has 1 aromatic carbocycles. The number of nitrogens with two attached hydrogens (primary N) is 1. The third kappa shape index (κ3) is 5.10. The second kappa shape index (κ2) is 7.23. The van der Waals surface area contributed by atoms with Gasteiger partial charge in [0.05, 0.1) is 12.1 Å². The Morgan fingerprint density at radius 1 is 1.42 bits per heavy atom. The van der Waals surface area contributed by atoms with Gasteiger partial charge in [-0.15, -0.1) is 0 Å². The molecule has 0 aromatic heterocycles. The Kier molecular flexibility index (Phi) is 6.25. The van der Waals surface area contributed by atoms with Crippen LogP contribution >= 0.6 is 38.5 Å². The van der Waals surface area contributed by atoms with Crippen LogP contribution in [0.4, 0.5) is 0 Å². The molecule has 0 aliphatic carbocycles. The third-order valence-corrected chi connectivity index (χ3v) is 3.74. The van der Waals surface area contributed by atoms with Crippen LogP contribution in [0.3, 0.4) is 0 Å². The van der Waals surface area contributed by atoms with Gasteiger partial charge in [0.15, 0.2) is 0 Å². The number of hydrogen-bond donors (Lipinski definition) is 1. The molecule has 0 radical (unpaired) electrons. The van der Waals surface area contributed by atoms with Crippen molar-refractivity contribution in [2.24, 2.45) is 11.7 Å². The molecule has 0 unspecified atom stereocenters. The quantitative estimate of drug-likeness (QED) is 0.718. The van der Waals surface area contributed by atoms with E-state index in [0.29, 0.717) is 12.1 Å². The van der Waals surface area contributed by atoms with E-state index in [1.165, 1.54) is 4.90 Å². The van der Waals surface area contributed by atoms with Crippen molar-refractivity contribution in [3.63, 3.8) is 0 Å². The summed E-state index contributed by atoms with van der Waals surface area (Å²) in [5, 5.41) is 0. The zero-order chi connectivity index (χ0) is 14.6. The average molecular weight is 439 g/mol. The number of halogens is 2. The van der Waals surface area contributed by atoms with Crippen LogP contribution in [0.2, 0.25) is 0 Å². The summed E-state index contributed by atoms with van der Waals surface area (Å²) < 4.78 is 1.68. The number of nitrogens with zero attached hydrogens (tertiary/aromatic N) is 1. The predicted octanol–water partition coefficient (Wildman–Crippen LogP) is 2.64. The SMILES string of the molecule is CC(C)CN(CC(N)=O)C(=O)c1cc(I)ccc1Br. The highest BCUT2D eigenvalue weighted by Gasteiger charge is 2.20. The van der Waals surface area contributed by atoms with Gasteiger partial charge in [0, 0.05) is 14.6 Å². The van der Waals surface area contributed by atoms with Crippen molar-refractivity contribution in [2.75, 3.05) is 13.1 Å². The van der Waals surface area contributed by atoms with Gasteiger partial charge in [-0.2, -0.15) is 0 Å². The molecule has 2 amide bonds. The van der Waals surface area contributed by atoms with Gasteiger partial charge in [-0.1, -0.05) is 13.8 Å². The standard InChI is InChI=1S/C13H16BrIN2O2/c1-8(2)6-17(7-12(16)18)13(19)10-5-9(15)3-4-11(10)14/h3-5,8H,6-7H2,1-2H3,(H2,16,18). The molecule has 6 heteroatoms. The molecule has 0 bridgehead atoms. The summed E-state index contributed by atoms with van der Waals surface area (Å²) in [5.74, 6) is -0.418. The highest BCUT2D eigenvalue weighted by molar-refractivity contribution is 14.1. The number of hydrogen-bond acceptors (Lipinski definition) is 2. The van der Waals surface area contributed by atoms with Gasteiger partial charge < -0.3 is 10.6 Å². The van der Waals surface area contributed by atoms with Crippen LogP contribution in [-0.4, -0.2) is 29.8 Å². The van der Waals surface area contributed by atoms with Crippen LogP contribution in [0.5, 0.6) is 0 Å². The van der Waals surface area contributed by atoms with Crippen LogP contribution in [-0.2, 0) is 4.79 Å². The summed E-state index contributed by atoms with van der Waals surface area (Å²) in [7, 11) is 0. The second-order valence-corrected chi connectivity index (χ2v) is 6.77. The Balaban J connectivity index is 3.03. The first kappa shape index (κ1) is 16.4. The van der Waals surface area contributed by atoms with E-state index >= 15 is 0 Å². The molecule has 0 spiro atoms. The van der Waals surface area contributed by atoms with E-state index in [0.717, 1.165) is 8.04 Å². The monoisotopic (exact) mass is 438 g/mol. The number of carbonyl (C=O) groups is 2. The number of carbonyl (C=O) groups excluding carboxylic acids is 2. The molecule has 1 rings (SSSR count). The van der Waals surface area contributed by atoms with Crippen molar-refractivity contribution in [1.29, 1.82) is 0 Å². The lowest BCUT2D eigenvalue weighted by molar-refractivity contribution is -0.118. The molecule has 0 saturated heterocycles. The van der Waals surface area contributed by atoms with E-state index in [2.05, 4.69) is 38.5 Å². The van der Waals surface area contributed by atoms with Crippen LogP contribution in [0.1, 0.15) is 24.2 Å². The van der Waals surface area contributed by atoms with Crippen LogP contribution in [0, 0.1) is 9.49 Å². The lowest BCUT2D eigenvalue weighted by Crippen LogP contribution is -2.40. The zero-order valence-corrected chi connectivity index (χ0v) is 14.6. The first-order valence-electron chi connectivity index (χ1n) is 5.84. The maximum atomic E-state index is 12.5. The Labute approximate surface area is 135 Å². The fourth-order valence-electron chi connectivity index (χ4n) is 1.68. The average Bonchev–Trinajstić information content (AvgIpc) is 2.29. The summed E-state index contributed by atoms with van der Waals surface area (Å²) in [6.45, 7) is 4.42. The number of amides is 2. The number of benzene rings is 1. The molecule has 0 aliphatic heterocycles. The van der Waals surface area contributed by atoms with Crippen molar-refractivity contribution >= 4 is 50.3 Å². The first-order chi connectivity index (χ1) is 8.81. The van der Waals surface area contributed by atoms with Crippen LogP contribution in [0.15, 0.2) is 22.7 Å². The third-order valence-electron chi connectivity index (χ3n) is 2.38. The van der Waals surface area contributed by atoms with Gasteiger partial charge in [-0.05, 0) is 62.6 Å². The first-order valence-corrected chi connectivity index (χ1v) is 7.71. The van der Waals surface area contributed by atoms with Crippen molar-refractivity contribution < 1.29 is 9.59 Å². The minimum absolute atomic E-state index is 0.0606. The summed E-state index contributed by atoms with van der Waals surface area (Å²) in [5.41, 5.74) is 5.76. The minimum Gasteiger partial charge on any atom is -0.368 e. The van der Waals surface area contributed by atoms with Crippen LogP contribution in [0.25, 0.3) is 0 Å². The Morgan fingerprint density at radius 2 is 2.05 bits per heavy atom. The van der Waals surface area contributed by atoms with Crippen molar-refractivity contribution in [2.45, 2.75) is 13.8 Å². The largest absolute Gasteiger partial charge is 0.368 e. The van der Waals surface area contributed by atoms with E-state index in [4.69, 9.17) is 5.73 Å². The smallest absolute Gasteiger partial charge is 0.255 e. The number of rotatable bonds is 5. The molecule has 104 valence electrons. The fraction of sp³-hybridized carbons (Fsp3) is 0.385. The maximum Gasteiger partial charge on any atom is 0.255 e. The molecule has 0 saturated carbocycles. The highest BCUT2D eigenvalue weighted by atomic mass is 127. The van der Waals surface area contributed by atoms with E-state index < -0.39 is 5.91 Å². The molecule has 4 nitrogen and oxygen atoms in total. The summed E-state index contributed by atoms with van der Waals surface area (Å²) in [6, 6.07) is 5.52. The zero-order valence-electron chi connectivity index (χ0n) is 10.8. The Morgan fingerprint density at radius 3 is 2.58 bits per heavy atom. The molecule has 0 fully saturated rings. The maximum absolute atomic E-state index is 12.5.